The predicted octanol–water partition coefficient (Wildman–Crippen LogP) is 5.46. The van der Waals surface area contributed by atoms with Gasteiger partial charge in [0.15, 0.2) is 4.45 Å². The molecule has 4 unspecified atom stereocenters. The van der Waals surface area contributed by atoms with Crippen molar-refractivity contribution in [3.8, 4) is 0 Å². The van der Waals surface area contributed by atoms with E-state index in [2.05, 4.69) is 138 Å². The number of rotatable bonds is 0. The molecule has 0 spiro atoms. The van der Waals surface area contributed by atoms with E-state index >= 15 is 0 Å². The molecule has 4 nitrogen and oxygen atoms in total. The second-order valence-electron chi connectivity index (χ2n) is 9.09. The molecule has 0 saturated carbocycles. The Bertz CT molecular complexity index is 1360. The lowest BCUT2D eigenvalue weighted by atomic mass is 9.82. The molecular formula is C24H22Br4N4. The van der Waals surface area contributed by atoms with E-state index in [1.54, 1.807) is 0 Å². The third-order valence-corrected chi connectivity index (χ3v) is 12.8. The first-order valence-electron chi connectivity index (χ1n) is 10.4. The van der Waals surface area contributed by atoms with Gasteiger partial charge < -0.3 is 4.98 Å². The molecular weight excluding hydrogens is 664 g/mol. The van der Waals surface area contributed by atoms with Gasteiger partial charge in [-0.15, -0.1) is 0 Å². The largest absolute Gasteiger partial charge is 0.355 e. The fraction of sp³-hybridized carbons (Fsp3) is 0.333. The van der Waals surface area contributed by atoms with Gasteiger partial charge in [0.2, 0.25) is 0 Å². The SMILES string of the molecule is CC1=C(Br)C2(Br)N=C1C=c1ccc([nH]1)=CC1=NC(=CC3(C)NC(C)(C(Br)=C3Br)C2C)C=C1. The Balaban J connectivity index is 1.79. The molecule has 1 aromatic heterocycles. The van der Waals surface area contributed by atoms with Gasteiger partial charge in [0, 0.05) is 30.1 Å². The van der Waals surface area contributed by atoms with Crippen LogP contribution in [0, 0.1) is 5.92 Å². The third kappa shape index (κ3) is 3.35. The molecule has 8 heteroatoms. The number of nitrogens with one attached hydrogen (secondary N) is 2. The summed E-state index contributed by atoms with van der Waals surface area (Å²) in [7, 11) is 0. The Morgan fingerprint density at radius 1 is 0.969 bits per heavy atom. The van der Waals surface area contributed by atoms with Crippen LogP contribution in [0.25, 0.3) is 12.2 Å². The number of H-pyrrole nitrogens is 1. The smallest absolute Gasteiger partial charge is 0.152 e. The van der Waals surface area contributed by atoms with Crippen LogP contribution in [-0.2, 0) is 0 Å². The van der Waals surface area contributed by atoms with E-state index in [1.807, 2.05) is 6.08 Å². The zero-order chi connectivity index (χ0) is 23.1. The van der Waals surface area contributed by atoms with Crippen LogP contribution in [0.3, 0.4) is 0 Å². The number of hydrogen-bond acceptors (Lipinski definition) is 3. The topological polar surface area (TPSA) is 52.5 Å². The monoisotopic (exact) mass is 682 g/mol. The summed E-state index contributed by atoms with van der Waals surface area (Å²) < 4.78 is 2.58. The first-order chi connectivity index (χ1) is 15.0. The summed E-state index contributed by atoms with van der Waals surface area (Å²) in [6, 6.07) is 4.14. The number of alkyl halides is 1. The summed E-state index contributed by atoms with van der Waals surface area (Å²) in [4.78, 5) is 13.5. The van der Waals surface area contributed by atoms with Crippen LogP contribution in [0.4, 0.5) is 0 Å². The molecule has 5 heterocycles. The molecule has 4 aliphatic heterocycles. The fourth-order valence-electron chi connectivity index (χ4n) is 4.75. The highest BCUT2D eigenvalue weighted by atomic mass is 79.9. The van der Waals surface area contributed by atoms with Crippen molar-refractivity contribution in [2.75, 3.05) is 0 Å². The van der Waals surface area contributed by atoms with Crippen molar-refractivity contribution in [2.45, 2.75) is 43.2 Å². The number of halogens is 4. The second kappa shape index (κ2) is 7.60. The lowest BCUT2D eigenvalue weighted by Gasteiger charge is -2.42. The van der Waals surface area contributed by atoms with Crippen molar-refractivity contribution in [1.29, 1.82) is 0 Å². The van der Waals surface area contributed by atoms with Crippen LogP contribution < -0.4 is 16.0 Å². The van der Waals surface area contributed by atoms with Gasteiger partial charge in [-0.2, -0.15) is 0 Å². The third-order valence-electron chi connectivity index (χ3n) is 6.81. The number of aliphatic imine (C=N–C) groups is 2. The van der Waals surface area contributed by atoms with E-state index < -0.39 is 15.5 Å². The molecule has 0 aromatic carbocycles. The molecule has 166 valence electrons. The van der Waals surface area contributed by atoms with E-state index in [0.29, 0.717) is 0 Å². The van der Waals surface area contributed by atoms with E-state index in [1.165, 1.54) is 0 Å². The summed E-state index contributed by atoms with van der Waals surface area (Å²) in [5.41, 5.74) is 3.09. The maximum Gasteiger partial charge on any atom is 0.152 e. The Hall–Kier alpha value is -0.800. The molecule has 0 saturated heterocycles. The zero-order valence-corrected chi connectivity index (χ0v) is 24.4. The number of aromatic nitrogens is 1. The van der Waals surface area contributed by atoms with Gasteiger partial charge >= 0.3 is 0 Å². The van der Waals surface area contributed by atoms with Crippen LogP contribution in [0.5, 0.6) is 0 Å². The van der Waals surface area contributed by atoms with Crippen molar-refractivity contribution in [3.05, 3.63) is 65.8 Å². The first-order valence-corrected chi connectivity index (χ1v) is 13.5. The van der Waals surface area contributed by atoms with Crippen LogP contribution in [0.2, 0.25) is 0 Å². The van der Waals surface area contributed by atoms with Crippen molar-refractivity contribution < 1.29 is 0 Å². The van der Waals surface area contributed by atoms with E-state index in [9.17, 15) is 0 Å². The van der Waals surface area contributed by atoms with Gasteiger partial charge in [0.1, 0.15) is 0 Å². The Labute approximate surface area is 221 Å². The van der Waals surface area contributed by atoms with Gasteiger partial charge in [-0.1, -0.05) is 70.6 Å². The summed E-state index contributed by atoms with van der Waals surface area (Å²) in [6.45, 7) is 8.72. The highest BCUT2D eigenvalue weighted by Crippen LogP contribution is 2.56. The van der Waals surface area contributed by atoms with Crippen LogP contribution in [0.1, 0.15) is 27.7 Å². The molecule has 4 aliphatic rings. The summed E-state index contributed by atoms with van der Waals surface area (Å²) in [6.07, 6.45) is 10.4. The van der Waals surface area contributed by atoms with Crippen molar-refractivity contribution >= 4 is 87.3 Å². The van der Waals surface area contributed by atoms with Crippen molar-refractivity contribution in [1.82, 2.24) is 10.3 Å². The van der Waals surface area contributed by atoms with E-state index in [4.69, 9.17) is 9.98 Å². The molecule has 8 bridgehead atoms. The van der Waals surface area contributed by atoms with Crippen molar-refractivity contribution in [3.63, 3.8) is 0 Å². The van der Waals surface area contributed by atoms with Gasteiger partial charge in [-0.25, -0.2) is 4.99 Å². The molecule has 0 amide bonds. The lowest BCUT2D eigenvalue weighted by Crippen LogP contribution is -2.56. The lowest BCUT2D eigenvalue weighted by molar-refractivity contribution is 0.262. The molecule has 32 heavy (non-hydrogen) atoms. The maximum absolute atomic E-state index is 5.19. The van der Waals surface area contributed by atoms with Crippen LogP contribution >= 0.6 is 63.7 Å². The first kappa shape index (κ1) is 23.0. The minimum Gasteiger partial charge on any atom is -0.355 e. The Morgan fingerprint density at radius 3 is 2.38 bits per heavy atom. The number of nitrogens with zero attached hydrogens (tertiary/aromatic N) is 2. The van der Waals surface area contributed by atoms with Gasteiger partial charge in [0.25, 0.3) is 0 Å². The number of allylic oxidation sites excluding steroid dienone is 3. The molecule has 1 aromatic rings. The quantitative estimate of drug-likeness (QED) is 0.277. The number of hydrogen-bond donors (Lipinski definition) is 2. The van der Waals surface area contributed by atoms with E-state index in [0.717, 1.165) is 46.8 Å². The summed E-state index contributed by atoms with van der Waals surface area (Å²) >= 11 is 15.7. The fourth-order valence-corrected chi connectivity index (χ4v) is 7.81. The number of aromatic amines is 1. The minimum atomic E-state index is -0.605. The Kier molecular flexibility index (Phi) is 5.46. The molecule has 4 atom stereocenters. The molecule has 0 aliphatic carbocycles. The van der Waals surface area contributed by atoms with Gasteiger partial charge in [-0.05, 0) is 68.9 Å². The van der Waals surface area contributed by atoms with E-state index in [-0.39, 0.29) is 5.92 Å². The molecule has 2 N–H and O–H groups in total. The highest BCUT2D eigenvalue weighted by Gasteiger charge is 2.56. The second-order valence-corrected chi connectivity index (χ2v) is 12.7. The normalized spacial score (nSPS) is 36.1. The highest BCUT2D eigenvalue weighted by molar-refractivity contribution is 9.14. The average Bonchev–Trinajstić information content (AvgIpc) is 3.45. The standard InChI is InChI=1S/C24H22Br4N4/c1-12-18-10-16-6-5-14(29-16)9-15-7-8-17(30-15)11-22(3)20(26)21(27)23(4,32-22)13(2)24(28,31-18)19(12)25/h5-11,13,29,32H,1-4H3. The van der Waals surface area contributed by atoms with Gasteiger partial charge in [-0.3, -0.25) is 10.3 Å². The van der Waals surface area contributed by atoms with Crippen LogP contribution in [-0.4, -0.2) is 31.9 Å². The molecule has 0 fully saturated rings. The summed E-state index contributed by atoms with van der Waals surface area (Å²) in [5.74, 6) is 0.0472. The van der Waals surface area contributed by atoms with Gasteiger partial charge in [0.05, 0.1) is 28.2 Å². The number of fused-ring (bicyclic) bond motifs is 6. The predicted molar refractivity (Wildman–Crippen MR) is 148 cm³/mol. The van der Waals surface area contributed by atoms with Crippen molar-refractivity contribution in [2.24, 2.45) is 15.9 Å². The zero-order valence-electron chi connectivity index (χ0n) is 18.0. The molecule has 5 rings (SSSR count). The maximum atomic E-state index is 5.19. The minimum absolute atomic E-state index is 0.0472. The summed E-state index contributed by atoms with van der Waals surface area (Å²) in [5, 5.41) is 5.90. The molecule has 0 radical (unpaired) electrons. The average molecular weight is 686 g/mol. The van der Waals surface area contributed by atoms with Crippen LogP contribution in [0.15, 0.2) is 65.1 Å². The Morgan fingerprint density at radius 2 is 1.66 bits per heavy atom.